The summed E-state index contributed by atoms with van der Waals surface area (Å²) in [6.07, 6.45) is 77.1. The van der Waals surface area contributed by atoms with Gasteiger partial charge in [-0.15, -0.1) is 0 Å². The van der Waals surface area contributed by atoms with E-state index in [1.807, 2.05) is 12.2 Å². The van der Waals surface area contributed by atoms with Crippen molar-refractivity contribution in [3.05, 3.63) is 97.2 Å². The molecule has 0 N–H and O–H groups in total. The second-order valence-corrected chi connectivity index (χ2v) is 19.1. The molecule has 0 spiro atoms. The maximum absolute atomic E-state index is 12.8. The Labute approximate surface area is 432 Å². The van der Waals surface area contributed by atoms with E-state index in [9.17, 15) is 14.4 Å². The van der Waals surface area contributed by atoms with Crippen molar-refractivity contribution in [1.29, 1.82) is 0 Å². The van der Waals surface area contributed by atoms with E-state index in [2.05, 4.69) is 106 Å². The summed E-state index contributed by atoms with van der Waals surface area (Å²) >= 11 is 0. The SMILES string of the molecule is CC/C=C\C/C=C\C/C=C\C/C=C\CCCCCCCCCCCCCCCCC(=O)OCC(COC(=O)CCCCCCCCCCCCCC)OC(=O)CC/C=C\C/C=C\C/C=C\C/C=C\CC. The average Bonchev–Trinajstić information content (AvgIpc) is 3.36. The van der Waals surface area contributed by atoms with Crippen molar-refractivity contribution in [2.24, 2.45) is 0 Å². The van der Waals surface area contributed by atoms with Crippen LogP contribution in [0.15, 0.2) is 97.2 Å². The molecule has 0 saturated carbocycles. The van der Waals surface area contributed by atoms with Gasteiger partial charge in [0.2, 0.25) is 0 Å². The summed E-state index contributed by atoms with van der Waals surface area (Å²) in [6, 6.07) is 0. The van der Waals surface area contributed by atoms with E-state index in [0.29, 0.717) is 19.3 Å². The molecule has 0 radical (unpaired) electrons. The van der Waals surface area contributed by atoms with E-state index in [-0.39, 0.29) is 37.5 Å². The molecule has 70 heavy (non-hydrogen) atoms. The van der Waals surface area contributed by atoms with Gasteiger partial charge < -0.3 is 14.2 Å². The topological polar surface area (TPSA) is 78.9 Å². The Morgan fingerprint density at radius 1 is 0.300 bits per heavy atom. The van der Waals surface area contributed by atoms with Crippen molar-refractivity contribution in [3.63, 3.8) is 0 Å². The molecule has 0 aromatic rings. The summed E-state index contributed by atoms with van der Waals surface area (Å²) < 4.78 is 16.8. The number of rotatable bonds is 52. The summed E-state index contributed by atoms with van der Waals surface area (Å²) in [6.45, 7) is 6.36. The van der Waals surface area contributed by atoms with Crippen LogP contribution >= 0.6 is 0 Å². The Morgan fingerprint density at radius 3 is 0.929 bits per heavy atom. The van der Waals surface area contributed by atoms with Gasteiger partial charge in [0.15, 0.2) is 6.10 Å². The molecule has 0 aliphatic heterocycles. The number of ether oxygens (including phenoxy) is 3. The largest absolute Gasteiger partial charge is 0.462 e. The third kappa shape index (κ3) is 55.3. The number of hydrogen-bond acceptors (Lipinski definition) is 6. The number of carbonyl (C=O) groups excluding carboxylic acids is 3. The summed E-state index contributed by atoms with van der Waals surface area (Å²) in [5, 5.41) is 0. The van der Waals surface area contributed by atoms with Crippen molar-refractivity contribution in [3.8, 4) is 0 Å². The van der Waals surface area contributed by atoms with Crippen LogP contribution in [0.1, 0.15) is 271 Å². The summed E-state index contributed by atoms with van der Waals surface area (Å²) in [7, 11) is 0. The highest BCUT2D eigenvalue weighted by atomic mass is 16.6. The minimum atomic E-state index is -0.813. The van der Waals surface area contributed by atoms with Crippen LogP contribution in [-0.2, 0) is 28.6 Å². The van der Waals surface area contributed by atoms with E-state index < -0.39 is 6.10 Å². The van der Waals surface area contributed by atoms with Crippen LogP contribution in [0.25, 0.3) is 0 Å². The predicted octanol–water partition coefficient (Wildman–Crippen LogP) is 19.7. The number of carbonyl (C=O) groups is 3. The molecule has 400 valence electrons. The lowest BCUT2D eigenvalue weighted by atomic mass is 10.0. The molecule has 0 heterocycles. The lowest BCUT2D eigenvalue weighted by Crippen LogP contribution is -2.30. The Balaban J connectivity index is 4.26. The highest BCUT2D eigenvalue weighted by Crippen LogP contribution is 2.16. The maximum Gasteiger partial charge on any atom is 0.306 e. The van der Waals surface area contributed by atoms with E-state index >= 15 is 0 Å². The predicted molar refractivity (Wildman–Crippen MR) is 302 cm³/mol. The second kappa shape index (κ2) is 57.9. The first-order valence-corrected chi connectivity index (χ1v) is 29.2. The van der Waals surface area contributed by atoms with E-state index in [1.165, 1.54) is 135 Å². The molecule has 0 bridgehead atoms. The van der Waals surface area contributed by atoms with Crippen molar-refractivity contribution in [2.45, 2.75) is 277 Å². The fraction of sp³-hybridized carbons (Fsp3) is 0.703. The van der Waals surface area contributed by atoms with Crippen molar-refractivity contribution in [2.75, 3.05) is 13.2 Å². The van der Waals surface area contributed by atoms with Crippen molar-refractivity contribution in [1.82, 2.24) is 0 Å². The molecule has 1 atom stereocenters. The monoisotopic (exact) mass is 973 g/mol. The normalized spacial score (nSPS) is 12.8. The van der Waals surface area contributed by atoms with Gasteiger partial charge in [0, 0.05) is 19.3 Å². The molecule has 1 unspecified atom stereocenters. The highest BCUT2D eigenvalue weighted by molar-refractivity contribution is 5.71. The van der Waals surface area contributed by atoms with Crippen LogP contribution in [0.4, 0.5) is 0 Å². The minimum Gasteiger partial charge on any atom is -0.462 e. The summed E-state index contributed by atoms with van der Waals surface area (Å²) in [5.74, 6) is -0.982. The zero-order valence-electron chi connectivity index (χ0n) is 45.8. The van der Waals surface area contributed by atoms with Crippen molar-refractivity contribution >= 4 is 17.9 Å². The smallest absolute Gasteiger partial charge is 0.306 e. The molecule has 0 rings (SSSR count). The van der Waals surface area contributed by atoms with Crippen LogP contribution in [0.2, 0.25) is 0 Å². The van der Waals surface area contributed by atoms with E-state index in [4.69, 9.17) is 14.2 Å². The van der Waals surface area contributed by atoms with Crippen LogP contribution in [0, 0.1) is 0 Å². The number of hydrogen-bond donors (Lipinski definition) is 0. The van der Waals surface area contributed by atoms with E-state index in [0.717, 1.165) is 89.9 Å². The Morgan fingerprint density at radius 2 is 0.586 bits per heavy atom. The van der Waals surface area contributed by atoms with Crippen LogP contribution in [0.3, 0.4) is 0 Å². The third-order valence-corrected chi connectivity index (χ3v) is 12.3. The van der Waals surface area contributed by atoms with Crippen molar-refractivity contribution < 1.29 is 28.6 Å². The molecule has 0 fully saturated rings. The summed E-state index contributed by atoms with van der Waals surface area (Å²) in [5.41, 5.74) is 0. The average molecular weight is 974 g/mol. The maximum atomic E-state index is 12.8. The molecule has 6 heteroatoms. The molecule has 0 aromatic heterocycles. The van der Waals surface area contributed by atoms with E-state index in [1.54, 1.807) is 0 Å². The Hall–Kier alpha value is -3.67. The zero-order chi connectivity index (χ0) is 50.7. The third-order valence-electron chi connectivity index (χ3n) is 12.3. The molecule has 0 saturated heterocycles. The Bertz CT molecular complexity index is 1400. The van der Waals surface area contributed by atoms with Gasteiger partial charge in [0.1, 0.15) is 13.2 Å². The molecular weight excluding hydrogens is 865 g/mol. The highest BCUT2D eigenvalue weighted by Gasteiger charge is 2.19. The molecule has 0 amide bonds. The van der Waals surface area contributed by atoms with Crippen LogP contribution < -0.4 is 0 Å². The van der Waals surface area contributed by atoms with Gasteiger partial charge in [0.25, 0.3) is 0 Å². The van der Waals surface area contributed by atoms with Gasteiger partial charge in [-0.2, -0.15) is 0 Å². The van der Waals surface area contributed by atoms with Gasteiger partial charge in [0.05, 0.1) is 0 Å². The fourth-order valence-electron chi connectivity index (χ4n) is 8.04. The first kappa shape index (κ1) is 66.3. The number of allylic oxidation sites excluding steroid dienone is 16. The van der Waals surface area contributed by atoms with Gasteiger partial charge in [-0.3, -0.25) is 14.4 Å². The lowest BCUT2D eigenvalue weighted by molar-refractivity contribution is -0.166. The first-order valence-electron chi connectivity index (χ1n) is 29.2. The lowest BCUT2D eigenvalue weighted by Gasteiger charge is -2.18. The second-order valence-electron chi connectivity index (χ2n) is 19.1. The van der Waals surface area contributed by atoms with Crippen LogP contribution in [-0.4, -0.2) is 37.2 Å². The van der Waals surface area contributed by atoms with Gasteiger partial charge in [-0.1, -0.05) is 266 Å². The number of unbranched alkanes of at least 4 members (excludes halogenated alkanes) is 25. The standard InChI is InChI=1S/C64H108O6/c1-4-7-10-13-16-19-22-25-26-27-28-29-30-31-32-33-34-35-36-37-38-40-42-45-48-51-54-57-63(66)69-60-61(59-68-62(65)56-53-50-47-44-41-24-21-18-15-12-9-6-3)70-64(67)58-55-52-49-46-43-39-23-20-17-14-11-8-5-2/h7-8,10-11,16-17,19-20,25-26,28-29,39,43,49,52,61H,4-6,9,12-15,18,21-24,27,30-38,40-42,44-48,50-51,53-60H2,1-3H3/b10-7-,11-8-,19-16-,20-17-,26-25-,29-28-,43-39-,52-49-. The molecule has 6 nitrogen and oxygen atoms in total. The summed E-state index contributed by atoms with van der Waals surface area (Å²) in [4.78, 5) is 38.0. The van der Waals surface area contributed by atoms with Gasteiger partial charge in [-0.25, -0.2) is 0 Å². The molecule has 0 aromatic carbocycles. The minimum absolute atomic E-state index is 0.103. The quantitative estimate of drug-likeness (QED) is 0.0262. The fourth-order valence-corrected chi connectivity index (χ4v) is 8.04. The zero-order valence-corrected chi connectivity index (χ0v) is 45.8. The molecular formula is C64H108O6. The first-order chi connectivity index (χ1) is 34.5. The Kier molecular flexibility index (Phi) is 54.9. The molecule has 0 aliphatic rings. The van der Waals surface area contributed by atoms with Crippen LogP contribution in [0.5, 0.6) is 0 Å². The van der Waals surface area contributed by atoms with Gasteiger partial charge in [-0.05, 0) is 83.5 Å². The van der Waals surface area contributed by atoms with Gasteiger partial charge >= 0.3 is 17.9 Å². The number of esters is 3. The molecule has 0 aliphatic carbocycles.